The highest BCUT2D eigenvalue weighted by Gasteiger charge is 1.97. The van der Waals surface area contributed by atoms with E-state index in [1.165, 1.54) is 0 Å². The normalized spacial score (nSPS) is 8.67. The second-order valence-electron chi connectivity index (χ2n) is 1.57. The molecular weight excluding hydrogens is 122 g/mol. The summed E-state index contributed by atoms with van der Waals surface area (Å²) in [4.78, 5) is 13.9. The lowest BCUT2D eigenvalue weighted by atomic mass is 10.4. The molecule has 0 aromatic heterocycles. The first-order chi connectivity index (χ1) is 4.31. The SMILES string of the molecule is CCCCOC(=O)ON. The van der Waals surface area contributed by atoms with Crippen molar-refractivity contribution < 1.29 is 14.4 Å². The minimum atomic E-state index is -0.816. The molecule has 0 aliphatic carbocycles. The van der Waals surface area contributed by atoms with E-state index in [9.17, 15) is 4.79 Å². The average Bonchev–Trinajstić information content (AvgIpc) is 1.89. The van der Waals surface area contributed by atoms with E-state index >= 15 is 0 Å². The van der Waals surface area contributed by atoms with Gasteiger partial charge in [0.15, 0.2) is 0 Å². The van der Waals surface area contributed by atoms with Gasteiger partial charge in [-0.25, -0.2) is 4.79 Å². The number of nitrogens with two attached hydrogens (primary N) is 1. The van der Waals surface area contributed by atoms with Gasteiger partial charge in [-0.05, 0) is 6.42 Å². The zero-order valence-electron chi connectivity index (χ0n) is 5.42. The van der Waals surface area contributed by atoms with Crippen molar-refractivity contribution in [3.05, 3.63) is 0 Å². The lowest BCUT2D eigenvalue weighted by Gasteiger charge is -1.98. The van der Waals surface area contributed by atoms with E-state index in [0.29, 0.717) is 6.61 Å². The Hall–Kier alpha value is -0.770. The van der Waals surface area contributed by atoms with Crippen LogP contribution in [0.4, 0.5) is 4.79 Å². The predicted octanol–water partition coefficient (Wildman–Crippen LogP) is 0.813. The van der Waals surface area contributed by atoms with Gasteiger partial charge >= 0.3 is 6.16 Å². The lowest BCUT2D eigenvalue weighted by molar-refractivity contribution is 0.0543. The standard InChI is InChI=1S/C5H11NO3/c1-2-3-4-8-5(7)9-6/h2-4,6H2,1H3. The summed E-state index contributed by atoms with van der Waals surface area (Å²) < 4.78 is 4.45. The Labute approximate surface area is 53.9 Å². The minimum absolute atomic E-state index is 0.381. The van der Waals surface area contributed by atoms with Crippen LogP contribution in [0.3, 0.4) is 0 Å². The molecule has 0 unspecified atom stereocenters. The van der Waals surface area contributed by atoms with Crippen LogP contribution in [-0.4, -0.2) is 12.8 Å². The van der Waals surface area contributed by atoms with Gasteiger partial charge in [-0.3, -0.25) is 0 Å². The summed E-state index contributed by atoms with van der Waals surface area (Å²) >= 11 is 0. The summed E-state index contributed by atoms with van der Waals surface area (Å²) in [6, 6.07) is 0. The fourth-order valence-corrected chi connectivity index (χ4v) is 0.334. The van der Waals surface area contributed by atoms with Gasteiger partial charge in [-0.15, -0.1) is 0 Å². The van der Waals surface area contributed by atoms with E-state index in [1.807, 2.05) is 6.92 Å². The van der Waals surface area contributed by atoms with Gasteiger partial charge in [-0.1, -0.05) is 13.3 Å². The zero-order valence-corrected chi connectivity index (χ0v) is 5.42. The van der Waals surface area contributed by atoms with Crippen molar-refractivity contribution in [2.75, 3.05) is 6.61 Å². The molecule has 4 heteroatoms. The number of carbonyl (C=O) groups is 1. The topological polar surface area (TPSA) is 61.5 Å². The van der Waals surface area contributed by atoms with Crippen LogP contribution in [0, 0.1) is 0 Å². The van der Waals surface area contributed by atoms with Gasteiger partial charge in [0.2, 0.25) is 0 Å². The number of unbranched alkanes of at least 4 members (excludes halogenated alkanes) is 1. The van der Waals surface area contributed by atoms with Crippen LogP contribution < -0.4 is 5.90 Å². The molecule has 54 valence electrons. The lowest BCUT2D eigenvalue weighted by Crippen LogP contribution is -2.12. The van der Waals surface area contributed by atoms with Gasteiger partial charge in [-0.2, -0.15) is 5.90 Å². The quantitative estimate of drug-likeness (QED) is 0.351. The third-order valence-corrected chi connectivity index (χ3v) is 0.814. The van der Waals surface area contributed by atoms with Gasteiger partial charge < -0.3 is 9.57 Å². The molecule has 4 nitrogen and oxygen atoms in total. The first-order valence-corrected chi connectivity index (χ1v) is 2.84. The molecule has 0 heterocycles. The van der Waals surface area contributed by atoms with E-state index in [4.69, 9.17) is 0 Å². The molecule has 0 atom stereocenters. The molecule has 9 heavy (non-hydrogen) atoms. The van der Waals surface area contributed by atoms with Gasteiger partial charge in [0.1, 0.15) is 0 Å². The molecule has 0 fully saturated rings. The second kappa shape index (κ2) is 5.37. The summed E-state index contributed by atoms with van der Waals surface area (Å²) in [6.07, 6.45) is 1.01. The van der Waals surface area contributed by atoms with Crippen molar-refractivity contribution in [1.82, 2.24) is 0 Å². The smallest absolute Gasteiger partial charge is 0.433 e. The molecule has 0 aromatic rings. The molecule has 0 saturated heterocycles. The average molecular weight is 133 g/mol. The van der Waals surface area contributed by atoms with Gasteiger partial charge in [0.25, 0.3) is 0 Å². The van der Waals surface area contributed by atoms with Crippen molar-refractivity contribution >= 4 is 6.16 Å². The molecule has 2 N–H and O–H groups in total. The molecular formula is C5H11NO3. The maximum absolute atomic E-state index is 10.1. The summed E-state index contributed by atoms with van der Waals surface area (Å²) in [6.45, 7) is 2.38. The van der Waals surface area contributed by atoms with E-state index < -0.39 is 6.16 Å². The molecule has 0 aliphatic rings. The Morgan fingerprint density at radius 1 is 1.67 bits per heavy atom. The third-order valence-electron chi connectivity index (χ3n) is 0.814. The Balaban J connectivity index is 2.97. The summed E-state index contributed by atoms with van der Waals surface area (Å²) in [5, 5.41) is 0. The number of rotatable bonds is 3. The first kappa shape index (κ1) is 8.23. The van der Waals surface area contributed by atoms with Gasteiger partial charge in [0, 0.05) is 0 Å². The number of hydrogen-bond acceptors (Lipinski definition) is 4. The van der Waals surface area contributed by atoms with E-state index in [0.717, 1.165) is 12.8 Å². The predicted molar refractivity (Wildman–Crippen MR) is 31.5 cm³/mol. The highest BCUT2D eigenvalue weighted by atomic mass is 16.8. The zero-order chi connectivity index (χ0) is 7.11. The van der Waals surface area contributed by atoms with E-state index in [-0.39, 0.29) is 0 Å². The van der Waals surface area contributed by atoms with Crippen LogP contribution >= 0.6 is 0 Å². The van der Waals surface area contributed by atoms with Crippen molar-refractivity contribution in [3.8, 4) is 0 Å². The molecule has 0 aliphatic heterocycles. The largest absolute Gasteiger partial charge is 0.527 e. The highest BCUT2D eigenvalue weighted by molar-refractivity contribution is 5.59. The molecule has 0 spiro atoms. The summed E-state index contributed by atoms with van der Waals surface area (Å²) in [5.41, 5.74) is 0. The number of hydrogen-bond donors (Lipinski definition) is 1. The highest BCUT2D eigenvalue weighted by Crippen LogP contribution is 1.88. The first-order valence-electron chi connectivity index (χ1n) is 2.84. The monoisotopic (exact) mass is 133 g/mol. The molecule has 0 aromatic carbocycles. The second-order valence-corrected chi connectivity index (χ2v) is 1.57. The van der Waals surface area contributed by atoms with E-state index in [2.05, 4.69) is 15.5 Å². The number of carbonyl (C=O) groups excluding carboxylic acids is 1. The fraction of sp³-hybridized carbons (Fsp3) is 0.800. The number of ether oxygens (including phenoxy) is 1. The van der Waals surface area contributed by atoms with Crippen LogP contribution in [-0.2, 0) is 9.57 Å². The Morgan fingerprint density at radius 2 is 2.33 bits per heavy atom. The van der Waals surface area contributed by atoms with Crippen LogP contribution in [0.5, 0.6) is 0 Å². The molecule has 0 rings (SSSR count). The van der Waals surface area contributed by atoms with E-state index in [1.54, 1.807) is 0 Å². The van der Waals surface area contributed by atoms with Crippen LogP contribution in [0.25, 0.3) is 0 Å². The van der Waals surface area contributed by atoms with Crippen molar-refractivity contribution in [2.45, 2.75) is 19.8 Å². The summed E-state index contributed by atoms with van der Waals surface area (Å²) in [7, 11) is 0. The van der Waals surface area contributed by atoms with Crippen LogP contribution in [0.2, 0.25) is 0 Å². The van der Waals surface area contributed by atoms with Crippen molar-refractivity contribution in [3.63, 3.8) is 0 Å². The van der Waals surface area contributed by atoms with Crippen LogP contribution in [0.1, 0.15) is 19.8 Å². The van der Waals surface area contributed by atoms with Crippen molar-refractivity contribution in [1.29, 1.82) is 0 Å². The third kappa shape index (κ3) is 5.10. The maximum atomic E-state index is 10.1. The fourth-order valence-electron chi connectivity index (χ4n) is 0.334. The summed E-state index contributed by atoms with van der Waals surface area (Å²) in [5.74, 6) is 4.48. The van der Waals surface area contributed by atoms with Crippen molar-refractivity contribution in [2.24, 2.45) is 5.90 Å². The molecule has 0 bridgehead atoms. The molecule has 0 radical (unpaired) electrons. The maximum Gasteiger partial charge on any atom is 0.527 e. The van der Waals surface area contributed by atoms with Crippen LogP contribution in [0.15, 0.2) is 0 Å². The minimum Gasteiger partial charge on any atom is -0.433 e. The van der Waals surface area contributed by atoms with Gasteiger partial charge in [0.05, 0.1) is 6.61 Å². The Bertz CT molecular complexity index is 84.3. The molecule has 0 saturated carbocycles. The Kier molecular flexibility index (Phi) is 4.91. The molecule has 0 amide bonds. The Morgan fingerprint density at radius 3 is 2.78 bits per heavy atom.